The Morgan fingerprint density at radius 1 is 1.48 bits per heavy atom. The largest absolute Gasteiger partial charge is 0.352 e. The molecule has 1 aliphatic rings. The summed E-state index contributed by atoms with van der Waals surface area (Å²) in [7, 11) is 0. The maximum atomic E-state index is 10.6. The van der Waals surface area contributed by atoms with Gasteiger partial charge in [0.25, 0.3) is 0 Å². The van der Waals surface area contributed by atoms with Gasteiger partial charge >= 0.3 is 6.03 Å². The monoisotopic (exact) mass is 291 g/mol. The molecular weight excluding hydrogens is 266 g/mol. The molecule has 116 valence electrons. The van der Waals surface area contributed by atoms with Gasteiger partial charge in [-0.2, -0.15) is 5.10 Å². The van der Waals surface area contributed by atoms with Crippen LogP contribution in [0.3, 0.4) is 0 Å². The lowest BCUT2D eigenvalue weighted by atomic mass is 10.0. The van der Waals surface area contributed by atoms with Gasteiger partial charge < -0.3 is 11.1 Å². The zero-order valence-corrected chi connectivity index (χ0v) is 12.7. The Bertz CT molecular complexity index is 494. The molecular formula is C15H25N5O. The summed E-state index contributed by atoms with van der Waals surface area (Å²) >= 11 is 0. The van der Waals surface area contributed by atoms with E-state index in [-0.39, 0.29) is 0 Å². The summed E-state index contributed by atoms with van der Waals surface area (Å²) < 4.78 is 2.03. The zero-order chi connectivity index (χ0) is 15.1. The highest BCUT2D eigenvalue weighted by molar-refractivity contribution is 5.71. The molecule has 2 heterocycles. The molecule has 0 saturated heterocycles. The van der Waals surface area contributed by atoms with E-state index in [9.17, 15) is 4.79 Å². The fourth-order valence-corrected chi connectivity index (χ4v) is 2.49. The molecule has 0 radical (unpaired) electrons. The minimum Gasteiger partial charge on any atom is -0.352 e. The Morgan fingerprint density at radius 3 is 3.00 bits per heavy atom. The second kappa shape index (κ2) is 7.83. The molecule has 1 aliphatic heterocycles. The Morgan fingerprint density at radius 2 is 2.33 bits per heavy atom. The maximum Gasteiger partial charge on any atom is 0.312 e. The van der Waals surface area contributed by atoms with E-state index < -0.39 is 6.03 Å². The molecule has 0 saturated carbocycles. The van der Waals surface area contributed by atoms with Crippen molar-refractivity contribution < 1.29 is 4.79 Å². The number of aromatic nitrogens is 2. The Kier molecular flexibility index (Phi) is 5.80. The summed E-state index contributed by atoms with van der Waals surface area (Å²) in [5.41, 5.74) is 7.66. The number of aryl methyl sites for hydroxylation is 1. The van der Waals surface area contributed by atoms with Crippen molar-refractivity contribution in [3.05, 3.63) is 24.0 Å². The van der Waals surface area contributed by atoms with Crippen molar-refractivity contribution in [2.24, 2.45) is 5.73 Å². The van der Waals surface area contributed by atoms with Gasteiger partial charge in [-0.15, -0.1) is 0 Å². The molecule has 21 heavy (non-hydrogen) atoms. The van der Waals surface area contributed by atoms with Crippen molar-refractivity contribution in [1.82, 2.24) is 20.0 Å². The maximum absolute atomic E-state index is 10.6. The van der Waals surface area contributed by atoms with E-state index in [2.05, 4.69) is 34.5 Å². The molecule has 6 heteroatoms. The predicted molar refractivity (Wildman–Crippen MR) is 83.8 cm³/mol. The summed E-state index contributed by atoms with van der Waals surface area (Å²) in [5, 5.41) is 7.04. The van der Waals surface area contributed by atoms with Crippen molar-refractivity contribution in [2.45, 2.75) is 32.7 Å². The van der Waals surface area contributed by atoms with Gasteiger partial charge in [-0.1, -0.05) is 19.4 Å². The topological polar surface area (TPSA) is 76.2 Å². The minimum absolute atomic E-state index is 0.456. The first-order valence-corrected chi connectivity index (χ1v) is 7.66. The fourth-order valence-electron chi connectivity index (χ4n) is 2.49. The highest BCUT2D eigenvalue weighted by atomic mass is 16.2. The number of rotatable bonds is 7. The number of hydrogen-bond acceptors (Lipinski definition) is 3. The van der Waals surface area contributed by atoms with Crippen LogP contribution in [0.1, 0.15) is 31.7 Å². The first kappa shape index (κ1) is 15.6. The summed E-state index contributed by atoms with van der Waals surface area (Å²) in [6.07, 6.45) is 9.75. The van der Waals surface area contributed by atoms with Gasteiger partial charge in [0.1, 0.15) is 0 Å². The number of carbonyl (C=O) groups is 1. The third-order valence-electron chi connectivity index (χ3n) is 3.77. The van der Waals surface area contributed by atoms with Crippen molar-refractivity contribution in [3.63, 3.8) is 0 Å². The van der Waals surface area contributed by atoms with E-state index in [0.29, 0.717) is 6.54 Å². The van der Waals surface area contributed by atoms with E-state index in [1.807, 2.05) is 10.9 Å². The average molecular weight is 291 g/mol. The summed E-state index contributed by atoms with van der Waals surface area (Å²) in [4.78, 5) is 12.9. The number of primary amides is 1. The van der Waals surface area contributed by atoms with Crippen molar-refractivity contribution in [2.75, 3.05) is 26.2 Å². The van der Waals surface area contributed by atoms with Crippen LogP contribution in [-0.2, 0) is 6.54 Å². The SMILES string of the molecule is CCCCn1cc(C2=CCN(CCNC(N)=O)CC2)cn1. The van der Waals surface area contributed by atoms with Gasteiger partial charge in [-0.25, -0.2) is 4.79 Å². The van der Waals surface area contributed by atoms with E-state index in [0.717, 1.165) is 32.6 Å². The Labute approximate surface area is 126 Å². The van der Waals surface area contributed by atoms with Crippen molar-refractivity contribution in [3.8, 4) is 0 Å². The van der Waals surface area contributed by atoms with Gasteiger partial charge in [-0.05, 0) is 18.4 Å². The van der Waals surface area contributed by atoms with E-state index >= 15 is 0 Å². The Balaban J connectivity index is 1.81. The summed E-state index contributed by atoms with van der Waals surface area (Å²) in [6, 6.07) is -0.456. The lowest BCUT2D eigenvalue weighted by molar-refractivity contribution is 0.244. The molecule has 2 amide bonds. The fraction of sp³-hybridized carbons (Fsp3) is 0.600. The molecule has 2 rings (SSSR count). The number of urea groups is 1. The summed E-state index contributed by atoms with van der Waals surface area (Å²) in [5.74, 6) is 0. The molecule has 1 aromatic heterocycles. The standard InChI is InChI=1S/C15H25N5O/c1-2-3-7-20-12-14(11-18-20)13-4-8-19(9-5-13)10-6-17-15(16)21/h4,11-12H,2-3,5-10H2,1H3,(H3,16,17,21). The molecule has 0 unspecified atom stereocenters. The molecule has 0 aromatic carbocycles. The predicted octanol–water partition coefficient (Wildman–Crippen LogP) is 1.44. The number of nitrogens with one attached hydrogen (secondary N) is 1. The molecule has 6 nitrogen and oxygen atoms in total. The van der Waals surface area contributed by atoms with Crippen LogP contribution in [0.5, 0.6) is 0 Å². The van der Waals surface area contributed by atoms with Gasteiger partial charge in [0.15, 0.2) is 0 Å². The number of hydrogen-bond donors (Lipinski definition) is 2. The normalized spacial score (nSPS) is 15.8. The second-order valence-corrected chi connectivity index (χ2v) is 5.42. The third-order valence-corrected chi connectivity index (χ3v) is 3.77. The van der Waals surface area contributed by atoms with Crippen LogP contribution in [0.15, 0.2) is 18.5 Å². The van der Waals surface area contributed by atoms with Gasteiger partial charge in [-0.3, -0.25) is 9.58 Å². The lowest BCUT2D eigenvalue weighted by Gasteiger charge is -2.25. The second-order valence-electron chi connectivity index (χ2n) is 5.42. The van der Waals surface area contributed by atoms with Crippen LogP contribution >= 0.6 is 0 Å². The van der Waals surface area contributed by atoms with E-state index in [1.165, 1.54) is 24.0 Å². The molecule has 1 aromatic rings. The van der Waals surface area contributed by atoms with Gasteiger partial charge in [0, 0.05) is 44.5 Å². The average Bonchev–Trinajstić information content (AvgIpc) is 2.94. The highest BCUT2D eigenvalue weighted by Gasteiger charge is 2.13. The number of amides is 2. The molecule has 0 fully saturated rings. The van der Waals surface area contributed by atoms with E-state index in [4.69, 9.17) is 5.73 Å². The number of nitrogens with zero attached hydrogens (tertiary/aromatic N) is 3. The van der Waals surface area contributed by atoms with Crippen LogP contribution in [0.25, 0.3) is 5.57 Å². The molecule has 0 bridgehead atoms. The van der Waals surface area contributed by atoms with Crippen molar-refractivity contribution in [1.29, 1.82) is 0 Å². The molecule has 0 atom stereocenters. The molecule has 3 N–H and O–H groups in total. The van der Waals surface area contributed by atoms with Crippen LogP contribution in [-0.4, -0.2) is 46.9 Å². The minimum atomic E-state index is -0.456. The smallest absolute Gasteiger partial charge is 0.312 e. The quantitative estimate of drug-likeness (QED) is 0.798. The van der Waals surface area contributed by atoms with E-state index in [1.54, 1.807) is 0 Å². The van der Waals surface area contributed by atoms with Crippen LogP contribution < -0.4 is 11.1 Å². The van der Waals surface area contributed by atoms with Crippen LogP contribution in [0.2, 0.25) is 0 Å². The number of nitrogens with two attached hydrogens (primary N) is 1. The van der Waals surface area contributed by atoms with Crippen LogP contribution in [0, 0.1) is 0 Å². The van der Waals surface area contributed by atoms with Gasteiger partial charge in [0.05, 0.1) is 6.20 Å². The first-order chi connectivity index (χ1) is 10.2. The number of unbranched alkanes of at least 4 members (excludes halogenated alkanes) is 1. The van der Waals surface area contributed by atoms with Crippen molar-refractivity contribution >= 4 is 11.6 Å². The summed E-state index contributed by atoms with van der Waals surface area (Å²) in [6.45, 7) is 6.54. The molecule has 0 spiro atoms. The zero-order valence-electron chi connectivity index (χ0n) is 12.7. The third kappa shape index (κ3) is 4.90. The van der Waals surface area contributed by atoms with Gasteiger partial charge in [0.2, 0.25) is 0 Å². The highest BCUT2D eigenvalue weighted by Crippen LogP contribution is 2.21. The molecule has 0 aliphatic carbocycles. The first-order valence-electron chi connectivity index (χ1n) is 7.66. The number of carbonyl (C=O) groups excluding carboxylic acids is 1. The van der Waals surface area contributed by atoms with Crippen LogP contribution in [0.4, 0.5) is 4.79 Å². The lowest BCUT2D eigenvalue weighted by Crippen LogP contribution is -2.38. The Hall–Kier alpha value is -1.82.